The Morgan fingerprint density at radius 3 is 2.36 bits per heavy atom. The molecule has 0 aliphatic carbocycles. The van der Waals surface area contributed by atoms with E-state index in [1.54, 1.807) is 0 Å². The predicted molar refractivity (Wildman–Crippen MR) is 107 cm³/mol. The van der Waals surface area contributed by atoms with E-state index >= 15 is 0 Å². The van der Waals surface area contributed by atoms with Crippen LogP contribution in [0.1, 0.15) is 12.5 Å². The van der Waals surface area contributed by atoms with Gasteiger partial charge in [-0.2, -0.15) is 17.9 Å². The fraction of sp³-hybridized carbons (Fsp3) is 0.150. The normalized spacial score (nSPS) is 12.4. The minimum Gasteiger partial charge on any atom is -0.250 e. The molecule has 0 unspecified atom stereocenters. The molecule has 4 aromatic rings. The van der Waals surface area contributed by atoms with Crippen molar-refractivity contribution < 1.29 is 30.4 Å². The van der Waals surface area contributed by atoms with Gasteiger partial charge in [0.2, 0.25) is 0 Å². The van der Waals surface area contributed by atoms with Crippen LogP contribution in [0.5, 0.6) is 0 Å². The van der Waals surface area contributed by atoms with Crippen LogP contribution in [0.3, 0.4) is 0 Å². The van der Waals surface area contributed by atoms with E-state index in [9.17, 15) is 35.2 Å². The SMILES string of the molecule is CCS(=O)(=O)c1cc(-c2ccc(F)c(F)c2)cnc1-n1nc2cc(C(F)(F)F)ccn2c1=O. The van der Waals surface area contributed by atoms with Crippen LogP contribution >= 0.6 is 0 Å². The summed E-state index contributed by atoms with van der Waals surface area (Å²) in [6.45, 7) is 1.34. The van der Waals surface area contributed by atoms with Crippen molar-refractivity contribution in [3.8, 4) is 16.9 Å². The molecule has 0 saturated carbocycles. The highest BCUT2D eigenvalue weighted by Gasteiger charge is 2.31. The number of nitrogens with zero attached hydrogens (tertiary/aromatic N) is 4. The van der Waals surface area contributed by atoms with Crippen LogP contribution in [0.15, 0.2) is 58.5 Å². The Morgan fingerprint density at radius 2 is 1.73 bits per heavy atom. The lowest BCUT2D eigenvalue weighted by Crippen LogP contribution is -2.23. The van der Waals surface area contributed by atoms with Crippen molar-refractivity contribution >= 4 is 15.5 Å². The van der Waals surface area contributed by atoms with Gasteiger partial charge in [-0.1, -0.05) is 13.0 Å². The van der Waals surface area contributed by atoms with E-state index in [2.05, 4.69) is 10.1 Å². The number of alkyl halides is 3. The Hall–Kier alpha value is -3.61. The van der Waals surface area contributed by atoms with Crippen molar-refractivity contribution in [3.63, 3.8) is 0 Å². The van der Waals surface area contributed by atoms with Gasteiger partial charge < -0.3 is 0 Å². The van der Waals surface area contributed by atoms with Crippen molar-refractivity contribution in [2.24, 2.45) is 0 Å². The summed E-state index contributed by atoms with van der Waals surface area (Å²) in [7, 11) is -4.03. The van der Waals surface area contributed by atoms with E-state index in [4.69, 9.17) is 0 Å². The smallest absolute Gasteiger partial charge is 0.250 e. The quantitative estimate of drug-likeness (QED) is 0.413. The maximum Gasteiger partial charge on any atom is 0.416 e. The average Bonchev–Trinajstić information content (AvgIpc) is 3.10. The first-order valence-electron chi connectivity index (χ1n) is 9.29. The maximum atomic E-state index is 13.6. The fourth-order valence-electron chi connectivity index (χ4n) is 3.10. The number of hydrogen-bond donors (Lipinski definition) is 0. The molecule has 0 fully saturated rings. The van der Waals surface area contributed by atoms with E-state index in [-0.39, 0.29) is 16.8 Å². The molecule has 33 heavy (non-hydrogen) atoms. The molecule has 0 bridgehead atoms. The first kappa shape index (κ1) is 22.6. The van der Waals surface area contributed by atoms with E-state index in [1.807, 2.05) is 0 Å². The van der Waals surface area contributed by atoms with Gasteiger partial charge in [0.05, 0.1) is 11.3 Å². The van der Waals surface area contributed by atoms with Gasteiger partial charge >= 0.3 is 11.9 Å². The second kappa shape index (κ2) is 7.76. The number of rotatable bonds is 4. The van der Waals surface area contributed by atoms with Crippen molar-refractivity contribution in [1.29, 1.82) is 0 Å². The second-order valence-corrected chi connectivity index (χ2v) is 9.16. The van der Waals surface area contributed by atoms with Gasteiger partial charge in [0.25, 0.3) is 0 Å². The van der Waals surface area contributed by atoms with Crippen LogP contribution in [0.2, 0.25) is 0 Å². The van der Waals surface area contributed by atoms with Gasteiger partial charge in [-0.15, -0.1) is 5.10 Å². The van der Waals surface area contributed by atoms with Crippen LogP contribution in [-0.2, 0) is 16.0 Å². The van der Waals surface area contributed by atoms with Crippen LogP contribution < -0.4 is 5.69 Å². The second-order valence-electron chi connectivity index (χ2n) is 6.91. The maximum absolute atomic E-state index is 13.6. The van der Waals surface area contributed by atoms with E-state index in [1.165, 1.54) is 13.0 Å². The van der Waals surface area contributed by atoms with Crippen LogP contribution in [0, 0.1) is 11.6 Å². The number of benzene rings is 1. The fourth-order valence-corrected chi connectivity index (χ4v) is 4.14. The molecule has 0 radical (unpaired) electrons. The number of pyridine rings is 2. The average molecular weight is 484 g/mol. The standard InChI is InChI=1S/C20H13F5N4O3S/c1-2-33(31,32)16-8-12(11-3-4-14(21)15(22)7-11)10-26-18(16)29-19(30)28-6-5-13(20(23,24)25)9-17(28)27-29/h3-10H,2H2,1H3. The molecule has 1 aromatic carbocycles. The number of fused-ring (bicyclic) bond motifs is 1. The molecular formula is C20H13F5N4O3S. The van der Waals surface area contributed by atoms with E-state index < -0.39 is 55.4 Å². The van der Waals surface area contributed by atoms with Crippen molar-refractivity contribution in [1.82, 2.24) is 19.2 Å². The van der Waals surface area contributed by atoms with Gasteiger partial charge in [0, 0.05) is 18.0 Å². The van der Waals surface area contributed by atoms with Crippen LogP contribution in [-0.4, -0.2) is 33.3 Å². The van der Waals surface area contributed by atoms with Crippen molar-refractivity contribution in [2.75, 3.05) is 5.75 Å². The summed E-state index contributed by atoms with van der Waals surface area (Å²) in [4.78, 5) is 16.3. The topological polar surface area (TPSA) is 86.3 Å². The summed E-state index contributed by atoms with van der Waals surface area (Å²) in [6, 6.07) is 5.37. The lowest BCUT2D eigenvalue weighted by atomic mass is 10.1. The van der Waals surface area contributed by atoms with Gasteiger partial charge in [-0.3, -0.25) is 0 Å². The molecule has 13 heteroatoms. The third kappa shape index (κ3) is 3.99. The number of aromatic nitrogens is 4. The summed E-state index contributed by atoms with van der Waals surface area (Å²) in [5, 5.41) is 3.82. The van der Waals surface area contributed by atoms with Crippen LogP contribution in [0.25, 0.3) is 22.6 Å². The Bertz CT molecular complexity index is 1560. The molecule has 0 amide bonds. The summed E-state index contributed by atoms with van der Waals surface area (Å²) < 4.78 is 92.8. The zero-order valence-electron chi connectivity index (χ0n) is 16.6. The van der Waals surface area contributed by atoms with Crippen LogP contribution in [0.4, 0.5) is 22.0 Å². The first-order chi connectivity index (χ1) is 15.4. The lowest BCUT2D eigenvalue weighted by Gasteiger charge is -2.10. The highest BCUT2D eigenvalue weighted by Crippen LogP contribution is 2.30. The molecule has 0 N–H and O–H groups in total. The third-order valence-corrected chi connectivity index (χ3v) is 6.58. The van der Waals surface area contributed by atoms with Gasteiger partial charge in [-0.05, 0) is 35.9 Å². The molecule has 3 aromatic heterocycles. The molecular weight excluding hydrogens is 471 g/mol. The van der Waals surface area contributed by atoms with Crippen molar-refractivity contribution in [3.05, 3.63) is 76.5 Å². The minimum atomic E-state index is -4.68. The Kier molecular flexibility index (Phi) is 5.31. The molecule has 7 nitrogen and oxygen atoms in total. The van der Waals surface area contributed by atoms with Gasteiger partial charge in [-0.25, -0.2) is 31.4 Å². The van der Waals surface area contributed by atoms with E-state index in [0.29, 0.717) is 16.8 Å². The summed E-state index contributed by atoms with van der Waals surface area (Å²) >= 11 is 0. The molecule has 172 valence electrons. The molecule has 0 aliphatic heterocycles. The molecule has 0 saturated heterocycles. The highest BCUT2D eigenvalue weighted by molar-refractivity contribution is 7.91. The third-order valence-electron chi connectivity index (χ3n) is 4.85. The van der Waals surface area contributed by atoms with Crippen molar-refractivity contribution in [2.45, 2.75) is 18.0 Å². The molecule has 0 atom stereocenters. The molecule has 0 spiro atoms. The Labute approximate surface area is 182 Å². The largest absolute Gasteiger partial charge is 0.416 e. The lowest BCUT2D eigenvalue weighted by molar-refractivity contribution is -0.137. The highest BCUT2D eigenvalue weighted by atomic mass is 32.2. The number of hydrogen-bond acceptors (Lipinski definition) is 5. The summed E-state index contributed by atoms with van der Waals surface area (Å²) in [5.74, 6) is -3.10. The zero-order valence-corrected chi connectivity index (χ0v) is 17.5. The number of sulfone groups is 1. The monoisotopic (exact) mass is 484 g/mol. The predicted octanol–water partition coefficient (Wildman–Crippen LogP) is 3.64. The van der Waals surface area contributed by atoms with Gasteiger partial charge in [0.15, 0.2) is 32.9 Å². The summed E-state index contributed by atoms with van der Waals surface area (Å²) in [6.07, 6.45) is -2.69. The van der Waals surface area contributed by atoms with E-state index in [0.717, 1.165) is 35.0 Å². The minimum absolute atomic E-state index is 0.112. The molecule has 0 aliphatic rings. The van der Waals surface area contributed by atoms with Gasteiger partial charge in [0.1, 0.15) is 4.90 Å². The first-order valence-corrected chi connectivity index (χ1v) is 10.9. The molecule has 3 heterocycles. The number of halogens is 5. The zero-order chi connectivity index (χ0) is 24.1. The molecule has 4 rings (SSSR count). The summed E-state index contributed by atoms with van der Waals surface area (Å²) in [5.41, 5.74) is -2.13. The Morgan fingerprint density at radius 1 is 1.00 bits per heavy atom. The Balaban J connectivity index is 1.95.